The van der Waals surface area contributed by atoms with Crippen molar-refractivity contribution >= 4 is 21.2 Å². The molecule has 1 aromatic rings. The number of thiazole rings is 1. The van der Waals surface area contributed by atoms with Crippen molar-refractivity contribution in [1.82, 2.24) is 4.98 Å². The number of hydrogen-bond acceptors (Lipinski definition) is 5. The molecule has 1 fully saturated rings. The van der Waals surface area contributed by atoms with Gasteiger partial charge >= 0.3 is 0 Å². The van der Waals surface area contributed by atoms with Crippen LogP contribution >= 0.6 is 11.3 Å². The first-order valence-electron chi connectivity index (χ1n) is 4.72. The molecule has 1 aliphatic rings. The van der Waals surface area contributed by atoms with Crippen molar-refractivity contribution in [2.45, 2.75) is 25.4 Å². The predicted octanol–water partition coefficient (Wildman–Crippen LogP) is 0.544. The van der Waals surface area contributed by atoms with Crippen LogP contribution in [0.5, 0.6) is 0 Å². The van der Waals surface area contributed by atoms with Crippen molar-refractivity contribution in [2.75, 3.05) is 11.5 Å². The second kappa shape index (κ2) is 3.54. The van der Waals surface area contributed by atoms with E-state index in [1.807, 2.05) is 12.3 Å². The van der Waals surface area contributed by atoms with Gasteiger partial charge in [-0.25, -0.2) is 13.4 Å². The van der Waals surface area contributed by atoms with Gasteiger partial charge in [0, 0.05) is 17.5 Å². The molecule has 1 atom stereocenters. The van der Waals surface area contributed by atoms with Gasteiger partial charge in [-0.05, 0) is 13.3 Å². The SMILES string of the molecule is Cc1csc(CC2(O)CCS(=O)(=O)C2)n1. The van der Waals surface area contributed by atoms with Crippen LogP contribution in [0.2, 0.25) is 0 Å². The molecule has 1 N–H and O–H groups in total. The lowest BCUT2D eigenvalue weighted by Gasteiger charge is -2.18. The summed E-state index contributed by atoms with van der Waals surface area (Å²) in [6, 6.07) is 0. The second-order valence-electron chi connectivity index (χ2n) is 4.13. The Balaban J connectivity index is 2.13. The van der Waals surface area contributed by atoms with E-state index in [1.54, 1.807) is 0 Å². The maximum absolute atomic E-state index is 11.3. The molecule has 2 heterocycles. The first-order chi connectivity index (χ1) is 6.89. The Hall–Kier alpha value is -0.460. The van der Waals surface area contributed by atoms with E-state index in [4.69, 9.17) is 0 Å². The number of aryl methyl sites for hydroxylation is 1. The van der Waals surface area contributed by atoms with Crippen LogP contribution in [0.1, 0.15) is 17.1 Å². The quantitative estimate of drug-likeness (QED) is 0.828. The maximum Gasteiger partial charge on any atom is 0.153 e. The molecule has 1 saturated heterocycles. The van der Waals surface area contributed by atoms with Crippen molar-refractivity contribution in [3.8, 4) is 0 Å². The van der Waals surface area contributed by atoms with Crippen LogP contribution in [0, 0.1) is 6.92 Å². The first-order valence-corrected chi connectivity index (χ1v) is 7.43. The molecular weight excluding hydrogens is 234 g/mol. The topological polar surface area (TPSA) is 67.3 Å². The summed E-state index contributed by atoms with van der Waals surface area (Å²) in [7, 11) is -3.04. The van der Waals surface area contributed by atoms with Crippen LogP contribution in [-0.2, 0) is 16.3 Å². The summed E-state index contributed by atoms with van der Waals surface area (Å²) >= 11 is 1.47. The van der Waals surface area contributed by atoms with Gasteiger partial charge in [-0.3, -0.25) is 0 Å². The maximum atomic E-state index is 11.3. The van der Waals surface area contributed by atoms with Crippen LogP contribution < -0.4 is 0 Å². The standard InChI is InChI=1S/C9H13NO3S2/c1-7-5-14-8(10-7)4-9(11)2-3-15(12,13)6-9/h5,11H,2-4,6H2,1H3. The molecular formula is C9H13NO3S2. The highest BCUT2D eigenvalue weighted by molar-refractivity contribution is 7.91. The Morgan fingerprint density at radius 1 is 1.67 bits per heavy atom. The Morgan fingerprint density at radius 2 is 2.40 bits per heavy atom. The Bertz CT molecular complexity index is 465. The molecule has 0 bridgehead atoms. The Kier molecular flexibility index (Phi) is 2.60. The fourth-order valence-corrected chi connectivity index (χ4v) is 4.61. The summed E-state index contributed by atoms with van der Waals surface area (Å²) in [5.41, 5.74) is -0.178. The van der Waals surface area contributed by atoms with E-state index in [2.05, 4.69) is 4.98 Å². The molecule has 1 unspecified atom stereocenters. The molecule has 0 radical (unpaired) electrons. The van der Waals surface area contributed by atoms with Crippen molar-refractivity contribution in [3.05, 3.63) is 16.1 Å². The fourth-order valence-electron chi connectivity index (χ4n) is 1.80. The lowest BCUT2D eigenvalue weighted by Crippen LogP contribution is -2.32. The van der Waals surface area contributed by atoms with Gasteiger partial charge in [-0.15, -0.1) is 11.3 Å². The number of sulfone groups is 1. The molecule has 1 aromatic heterocycles. The molecule has 0 amide bonds. The summed E-state index contributed by atoms with van der Waals surface area (Å²) in [5.74, 6) is -0.0352. The molecule has 4 nitrogen and oxygen atoms in total. The molecule has 0 spiro atoms. The number of aliphatic hydroxyl groups is 1. The fraction of sp³-hybridized carbons (Fsp3) is 0.667. The van der Waals surface area contributed by atoms with Crippen molar-refractivity contribution in [1.29, 1.82) is 0 Å². The van der Waals surface area contributed by atoms with E-state index in [-0.39, 0.29) is 11.5 Å². The number of aromatic nitrogens is 1. The summed E-state index contributed by atoms with van der Waals surface area (Å²) in [6.45, 7) is 1.88. The molecule has 6 heteroatoms. The average molecular weight is 247 g/mol. The third-order valence-corrected chi connectivity index (χ3v) is 5.28. The molecule has 2 rings (SSSR count). The third-order valence-electron chi connectivity index (χ3n) is 2.51. The normalized spacial score (nSPS) is 29.5. The highest BCUT2D eigenvalue weighted by Gasteiger charge is 2.41. The molecule has 84 valence electrons. The van der Waals surface area contributed by atoms with Gasteiger partial charge < -0.3 is 5.11 Å². The highest BCUT2D eigenvalue weighted by Crippen LogP contribution is 2.28. The van der Waals surface area contributed by atoms with Crippen molar-refractivity contribution in [3.63, 3.8) is 0 Å². The van der Waals surface area contributed by atoms with Crippen LogP contribution in [0.15, 0.2) is 5.38 Å². The molecule has 1 aliphatic heterocycles. The van der Waals surface area contributed by atoms with E-state index in [0.29, 0.717) is 12.8 Å². The number of rotatable bonds is 2. The summed E-state index contributed by atoms with van der Waals surface area (Å²) < 4.78 is 22.5. The van der Waals surface area contributed by atoms with E-state index >= 15 is 0 Å². The monoisotopic (exact) mass is 247 g/mol. The van der Waals surface area contributed by atoms with E-state index in [1.165, 1.54) is 11.3 Å². The van der Waals surface area contributed by atoms with Gasteiger partial charge in [0.1, 0.15) is 0 Å². The third kappa shape index (κ3) is 2.56. The number of hydrogen-bond donors (Lipinski definition) is 1. The summed E-state index contributed by atoms with van der Waals surface area (Å²) in [4.78, 5) is 4.23. The Labute approximate surface area is 92.9 Å². The van der Waals surface area contributed by atoms with Gasteiger partial charge in [-0.1, -0.05) is 0 Å². The zero-order valence-corrected chi connectivity index (χ0v) is 10.1. The zero-order chi connectivity index (χ0) is 11.1. The van der Waals surface area contributed by atoms with Crippen LogP contribution in [0.3, 0.4) is 0 Å². The van der Waals surface area contributed by atoms with E-state index in [9.17, 15) is 13.5 Å². The van der Waals surface area contributed by atoms with Crippen molar-refractivity contribution < 1.29 is 13.5 Å². The summed E-state index contributed by atoms with van der Waals surface area (Å²) in [5, 5.41) is 12.8. The Morgan fingerprint density at radius 3 is 2.87 bits per heavy atom. The minimum Gasteiger partial charge on any atom is -0.388 e. The lowest BCUT2D eigenvalue weighted by molar-refractivity contribution is 0.0681. The smallest absolute Gasteiger partial charge is 0.153 e. The lowest BCUT2D eigenvalue weighted by atomic mass is 10.00. The van der Waals surface area contributed by atoms with Gasteiger partial charge in [-0.2, -0.15) is 0 Å². The van der Waals surface area contributed by atoms with E-state index in [0.717, 1.165) is 10.7 Å². The molecule has 0 aromatic carbocycles. The van der Waals surface area contributed by atoms with Crippen LogP contribution in [0.4, 0.5) is 0 Å². The predicted molar refractivity (Wildman–Crippen MR) is 58.8 cm³/mol. The van der Waals surface area contributed by atoms with E-state index < -0.39 is 15.4 Å². The summed E-state index contributed by atoms with van der Waals surface area (Å²) in [6.07, 6.45) is 0.679. The van der Waals surface area contributed by atoms with Crippen LogP contribution in [-0.4, -0.2) is 35.6 Å². The second-order valence-corrected chi connectivity index (χ2v) is 7.25. The average Bonchev–Trinajstić information content (AvgIpc) is 2.57. The largest absolute Gasteiger partial charge is 0.388 e. The molecule has 15 heavy (non-hydrogen) atoms. The van der Waals surface area contributed by atoms with Gasteiger partial charge in [0.2, 0.25) is 0 Å². The van der Waals surface area contributed by atoms with Crippen LogP contribution in [0.25, 0.3) is 0 Å². The minimum atomic E-state index is -3.04. The van der Waals surface area contributed by atoms with Gasteiger partial charge in [0.05, 0.1) is 22.1 Å². The highest BCUT2D eigenvalue weighted by atomic mass is 32.2. The molecule has 0 aliphatic carbocycles. The zero-order valence-electron chi connectivity index (χ0n) is 8.43. The van der Waals surface area contributed by atoms with Gasteiger partial charge in [0.25, 0.3) is 0 Å². The molecule has 0 saturated carbocycles. The van der Waals surface area contributed by atoms with Crippen molar-refractivity contribution in [2.24, 2.45) is 0 Å². The number of nitrogens with zero attached hydrogens (tertiary/aromatic N) is 1. The first kappa shape index (κ1) is 11.0. The minimum absolute atomic E-state index is 0.0911. The van der Waals surface area contributed by atoms with Gasteiger partial charge in [0.15, 0.2) is 9.84 Å².